The fraction of sp³-hybridized carbons (Fsp3) is 0.840. The monoisotopic (exact) mass is 416 g/mol. The molecular formula is C25H36O5. The fourth-order valence-electron chi connectivity index (χ4n) is 9.09. The molecule has 0 bridgehead atoms. The second-order valence-electron chi connectivity index (χ2n) is 11.4. The predicted octanol–water partition coefficient (Wildman–Crippen LogP) is 3.42. The second kappa shape index (κ2) is 6.65. The summed E-state index contributed by atoms with van der Waals surface area (Å²) < 4.78 is 5.21. The maximum Gasteiger partial charge on any atom is 0.331 e. The van der Waals surface area contributed by atoms with E-state index in [1.54, 1.807) is 13.0 Å². The Hall–Kier alpha value is -1.20. The molecule has 5 heteroatoms. The summed E-state index contributed by atoms with van der Waals surface area (Å²) in [7, 11) is 0. The van der Waals surface area contributed by atoms with Gasteiger partial charge in [-0.15, -0.1) is 0 Å². The molecule has 0 amide bonds. The molecule has 4 saturated carbocycles. The molecule has 0 aromatic rings. The van der Waals surface area contributed by atoms with Crippen LogP contribution in [0.2, 0.25) is 0 Å². The van der Waals surface area contributed by atoms with Gasteiger partial charge in [0, 0.05) is 17.4 Å². The third kappa shape index (κ3) is 2.54. The molecular weight excluding hydrogens is 380 g/mol. The molecule has 5 rings (SSSR count). The van der Waals surface area contributed by atoms with Gasteiger partial charge in [-0.05, 0) is 93.0 Å². The van der Waals surface area contributed by atoms with Crippen LogP contribution in [0.25, 0.3) is 0 Å². The fourth-order valence-corrected chi connectivity index (χ4v) is 9.09. The van der Waals surface area contributed by atoms with Crippen molar-refractivity contribution in [2.45, 2.75) is 83.8 Å². The summed E-state index contributed by atoms with van der Waals surface area (Å²) in [6.45, 7) is 6.57. The zero-order chi connectivity index (χ0) is 21.5. The van der Waals surface area contributed by atoms with Gasteiger partial charge in [-0.25, -0.2) is 4.79 Å². The Kier molecular flexibility index (Phi) is 4.59. The highest BCUT2D eigenvalue weighted by Gasteiger charge is 2.69. The molecule has 0 radical (unpaired) electrons. The van der Waals surface area contributed by atoms with E-state index in [0.29, 0.717) is 24.9 Å². The number of ketones is 1. The lowest BCUT2D eigenvalue weighted by atomic mass is 9.41. The number of hydrogen-bond donors (Lipinski definition) is 2. The van der Waals surface area contributed by atoms with Crippen molar-refractivity contribution in [2.24, 2.45) is 40.4 Å². The van der Waals surface area contributed by atoms with E-state index in [-0.39, 0.29) is 46.4 Å². The van der Waals surface area contributed by atoms with Crippen LogP contribution in [0.1, 0.15) is 72.1 Å². The molecule has 9 atom stereocenters. The number of esters is 1. The number of fused-ring (bicyclic) bond motifs is 5. The smallest absolute Gasteiger partial charge is 0.331 e. The van der Waals surface area contributed by atoms with Crippen LogP contribution in [0.4, 0.5) is 0 Å². The Bertz CT molecular complexity index is 803. The molecule has 4 fully saturated rings. The number of cyclic esters (lactones) is 1. The van der Waals surface area contributed by atoms with Crippen molar-refractivity contribution in [1.82, 2.24) is 0 Å². The lowest BCUT2D eigenvalue weighted by molar-refractivity contribution is -0.219. The molecule has 5 nitrogen and oxygen atoms in total. The van der Waals surface area contributed by atoms with Crippen molar-refractivity contribution in [1.29, 1.82) is 0 Å². The van der Waals surface area contributed by atoms with Crippen LogP contribution in [-0.4, -0.2) is 40.3 Å². The normalized spacial score (nSPS) is 52.7. The molecule has 1 unspecified atom stereocenters. The molecule has 166 valence electrons. The highest BCUT2D eigenvalue weighted by Crippen LogP contribution is 2.70. The largest absolute Gasteiger partial charge is 0.458 e. The summed E-state index contributed by atoms with van der Waals surface area (Å²) in [4.78, 5) is 24.4. The topological polar surface area (TPSA) is 83.8 Å². The van der Waals surface area contributed by atoms with Crippen molar-refractivity contribution in [3.05, 3.63) is 11.6 Å². The summed E-state index contributed by atoms with van der Waals surface area (Å²) in [5.41, 5.74) is -0.108. The van der Waals surface area contributed by atoms with Gasteiger partial charge in [-0.3, -0.25) is 4.79 Å². The molecule has 0 saturated heterocycles. The van der Waals surface area contributed by atoms with Gasteiger partial charge in [0.15, 0.2) is 0 Å². The van der Waals surface area contributed by atoms with E-state index in [0.717, 1.165) is 50.5 Å². The van der Waals surface area contributed by atoms with E-state index in [1.165, 1.54) is 0 Å². The molecule has 5 aliphatic rings. The van der Waals surface area contributed by atoms with Crippen LogP contribution in [-0.2, 0) is 14.3 Å². The standard InChI is InChI=1S/C25H36O5/c1-14(26)21-12-17(27)11-16-4-5-20-19(24(16,21)3)6-8-23(2)18(7-9-25(20,23)29)15-10-22(28)30-13-15/h10,16-21,27,29H,4-9,11-13H2,1-3H3/t16-,17+,18-,19+,20-,21?,23-,24+,25+/m1/s1. The van der Waals surface area contributed by atoms with E-state index in [2.05, 4.69) is 13.8 Å². The summed E-state index contributed by atoms with van der Waals surface area (Å²) in [6.07, 6.45) is 8.15. The summed E-state index contributed by atoms with van der Waals surface area (Å²) in [6, 6.07) is 0. The van der Waals surface area contributed by atoms with Crippen molar-refractivity contribution >= 4 is 11.8 Å². The van der Waals surface area contributed by atoms with E-state index in [1.807, 2.05) is 0 Å². The number of hydrogen-bond acceptors (Lipinski definition) is 5. The van der Waals surface area contributed by atoms with Gasteiger partial charge in [0.25, 0.3) is 0 Å². The highest BCUT2D eigenvalue weighted by molar-refractivity contribution is 5.85. The lowest BCUT2D eigenvalue weighted by Crippen LogP contribution is -2.64. The first kappa shape index (κ1) is 20.7. The second-order valence-corrected chi connectivity index (χ2v) is 11.4. The van der Waals surface area contributed by atoms with Crippen LogP contribution in [0.5, 0.6) is 0 Å². The van der Waals surface area contributed by atoms with E-state index in [4.69, 9.17) is 4.74 Å². The number of carbonyl (C=O) groups is 2. The van der Waals surface area contributed by atoms with Gasteiger partial charge in [0.05, 0.1) is 11.7 Å². The first-order valence-corrected chi connectivity index (χ1v) is 11.9. The average Bonchev–Trinajstić information content (AvgIpc) is 3.22. The van der Waals surface area contributed by atoms with E-state index >= 15 is 0 Å². The van der Waals surface area contributed by atoms with Crippen LogP contribution in [0.3, 0.4) is 0 Å². The average molecular weight is 417 g/mol. The number of rotatable bonds is 2. The number of aliphatic hydroxyl groups excluding tert-OH is 1. The number of carbonyl (C=O) groups excluding carboxylic acids is 2. The van der Waals surface area contributed by atoms with Crippen molar-refractivity contribution < 1.29 is 24.5 Å². The zero-order valence-corrected chi connectivity index (χ0v) is 18.5. The van der Waals surface area contributed by atoms with E-state index in [9.17, 15) is 19.8 Å². The molecule has 1 aliphatic heterocycles. The van der Waals surface area contributed by atoms with Gasteiger partial charge >= 0.3 is 5.97 Å². The molecule has 0 aromatic carbocycles. The number of aliphatic hydroxyl groups is 2. The van der Waals surface area contributed by atoms with E-state index < -0.39 is 5.60 Å². The van der Waals surface area contributed by atoms with Crippen LogP contribution in [0, 0.1) is 40.4 Å². The lowest BCUT2D eigenvalue weighted by Gasteiger charge is -2.65. The third-order valence-corrected chi connectivity index (χ3v) is 10.6. The van der Waals surface area contributed by atoms with Gasteiger partial charge in [-0.2, -0.15) is 0 Å². The van der Waals surface area contributed by atoms with Gasteiger partial charge < -0.3 is 14.9 Å². The summed E-state index contributed by atoms with van der Waals surface area (Å²) >= 11 is 0. The summed E-state index contributed by atoms with van der Waals surface area (Å²) in [5.74, 6) is 0.854. The minimum absolute atomic E-state index is 0.118. The maximum absolute atomic E-state index is 12.7. The van der Waals surface area contributed by atoms with Crippen molar-refractivity contribution in [2.75, 3.05) is 6.61 Å². The molecule has 1 heterocycles. The Morgan fingerprint density at radius 1 is 1.10 bits per heavy atom. The minimum Gasteiger partial charge on any atom is -0.458 e. The first-order chi connectivity index (χ1) is 14.1. The predicted molar refractivity (Wildman–Crippen MR) is 111 cm³/mol. The van der Waals surface area contributed by atoms with Crippen LogP contribution < -0.4 is 0 Å². The number of ether oxygens (including phenoxy) is 1. The Labute approximate surface area is 179 Å². The molecule has 0 spiro atoms. The third-order valence-electron chi connectivity index (χ3n) is 10.6. The Morgan fingerprint density at radius 2 is 1.87 bits per heavy atom. The highest BCUT2D eigenvalue weighted by atomic mass is 16.5. The maximum atomic E-state index is 12.7. The SMILES string of the molecule is CC(=O)C1C[C@@H](O)C[C@H]2CC[C@@H]3[C@H](CC[C@]4(C)[C@@H](C5=CC(=O)OC5)CC[C@]34O)[C@@]12C. The van der Waals surface area contributed by atoms with Crippen molar-refractivity contribution in [3.8, 4) is 0 Å². The Morgan fingerprint density at radius 3 is 2.53 bits per heavy atom. The summed E-state index contributed by atoms with van der Waals surface area (Å²) in [5, 5.41) is 22.7. The van der Waals surface area contributed by atoms with Crippen LogP contribution in [0.15, 0.2) is 11.6 Å². The first-order valence-electron chi connectivity index (χ1n) is 11.9. The van der Waals surface area contributed by atoms with Crippen LogP contribution >= 0.6 is 0 Å². The van der Waals surface area contributed by atoms with Crippen molar-refractivity contribution in [3.63, 3.8) is 0 Å². The molecule has 2 N–H and O–H groups in total. The molecule has 4 aliphatic carbocycles. The minimum atomic E-state index is -0.765. The quantitative estimate of drug-likeness (QED) is 0.674. The zero-order valence-electron chi connectivity index (χ0n) is 18.5. The molecule has 0 aromatic heterocycles. The number of Topliss-reactive ketones (excluding diaryl/α,β-unsaturated/α-hetero) is 1. The van der Waals surface area contributed by atoms with Gasteiger partial charge in [-0.1, -0.05) is 13.8 Å². The van der Waals surface area contributed by atoms with Gasteiger partial charge in [0.1, 0.15) is 12.4 Å². The van der Waals surface area contributed by atoms with Gasteiger partial charge in [0.2, 0.25) is 0 Å². The Balaban J connectivity index is 1.51. The molecule has 30 heavy (non-hydrogen) atoms.